The fraction of sp³-hybridized carbons (Fsp3) is 0.500. The molecule has 10 heteroatoms. The maximum atomic E-state index is 13.1. The lowest BCUT2D eigenvalue weighted by molar-refractivity contribution is -0.00629. The SMILES string of the molecule is Cc1nc2c(=O)n(CC3(O)CCNCC3)cnc2n1-c1ccc(CNC(=O)OC(C)(C)C)cc1. The number of aromatic nitrogens is 4. The van der Waals surface area contributed by atoms with E-state index in [2.05, 4.69) is 20.6 Å². The highest BCUT2D eigenvalue weighted by Gasteiger charge is 2.30. The number of piperidine rings is 1. The van der Waals surface area contributed by atoms with Gasteiger partial charge in [-0.2, -0.15) is 0 Å². The minimum atomic E-state index is -0.925. The van der Waals surface area contributed by atoms with Gasteiger partial charge in [-0.3, -0.25) is 13.9 Å². The Hall–Kier alpha value is -3.24. The average molecular weight is 469 g/mol. The molecule has 10 nitrogen and oxygen atoms in total. The molecule has 34 heavy (non-hydrogen) atoms. The maximum absolute atomic E-state index is 13.1. The van der Waals surface area contributed by atoms with Crippen LogP contribution < -0.4 is 16.2 Å². The third-order valence-electron chi connectivity index (χ3n) is 5.83. The molecule has 1 aliphatic heterocycles. The number of nitrogens with zero attached hydrogens (tertiary/aromatic N) is 4. The Bertz CT molecular complexity index is 1230. The summed E-state index contributed by atoms with van der Waals surface area (Å²) in [6.07, 6.45) is 2.18. The van der Waals surface area contributed by atoms with Crippen LogP contribution in [0.4, 0.5) is 4.79 Å². The van der Waals surface area contributed by atoms with E-state index in [0.29, 0.717) is 30.9 Å². The molecular formula is C24H32N6O4. The molecule has 1 fully saturated rings. The van der Waals surface area contributed by atoms with Crippen LogP contribution in [0.1, 0.15) is 45.0 Å². The Morgan fingerprint density at radius 2 is 1.91 bits per heavy atom. The number of ether oxygens (including phenoxy) is 1. The van der Waals surface area contributed by atoms with E-state index >= 15 is 0 Å². The van der Waals surface area contributed by atoms with Gasteiger partial charge in [-0.25, -0.2) is 14.8 Å². The number of benzene rings is 1. The van der Waals surface area contributed by atoms with E-state index in [9.17, 15) is 14.7 Å². The van der Waals surface area contributed by atoms with Crippen molar-refractivity contribution in [1.29, 1.82) is 0 Å². The molecule has 1 saturated heterocycles. The van der Waals surface area contributed by atoms with Crippen LogP contribution in [0, 0.1) is 6.92 Å². The number of carbonyl (C=O) groups excluding carboxylic acids is 1. The highest BCUT2D eigenvalue weighted by Crippen LogP contribution is 2.21. The zero-order valence-corrected chi connectivity index (χ0v) is 20.1. The number of imidazole rings is 1. The fourth-order valence-electron chi connectivity index (χ4n) is 4.14. The summed E-state index contributed by atoms with van der Waals surface area (Å²) in [5, 5.41) is 16.8. The summed E-state index contributed by atoms with van der Waals surface area (Å²) in [4.78, 5) is 34.0. The van der Waals surface area contributed by atoms with Crippen molar-refractivity contribution in [2.45, 2.75) is 64.8 Å². The van der Waals surface area contributed by atoms with E-state index < -0.39 is 17.3 Å². The summed E-state index contributed by atoms with van der Waals surface area (Å²) in [7, 11) is 0. The van der Waals surface area contributed by atoms with Crippen molar-refractivity contribution in [3.63, 3.8) is 0 Å². The number of fused-ring (bicyclic) bond motifs is 1. The second kappa shape index (κ2) is 9.19. The van der Waals surface area contributed by atoms with Crippen LogP contribution in [-0.4, -0.2) is 54.6 Å². The van der Waals surface area contributed by atoms with Gasteiger partial charge in [-0.1, -0.05) is 12.1 Å². The van der Waals surface area contributed by atoms with Crippen molar-refractivity contribution >= 4 is 17.3 Å². The summed E-state index contributed by atoms with van der Waals surface area (Å²) < 4.78 is 8.54. The van der Waals surface area contributed by atoms with Crippen LogP contribution >= 0.6 is 0 Å². The first-order valence-corrected chi connectivity index (χ1v) is 11.5. The summed E-state index contributed by atoms with van der Waals surface area (Å²) in [5.41, 5.74) is 0.710. The second-order valence-electron chi connectivity index (χ2n) is 9.84. The molecule has 0 saturated carbocycles. The van der Waals surface area contributed by atoms with Crippen molar-refractivity contribution in [2.75, 3.05) is 13.1 Å². The van der Waals surface area contributed by atoms with Gasteiger partial charge in [0, 0.05) is 12.2 Å². The van der Waals surface area contributed by atoms with Crippen LogP contribution in [0.3, 0.4) is 0 Å². The Labute approximate surface area is 198 Å². The van der Waals surface area contributed by atoms with Crippen molar-refractivity contribution in [1.82, 2.24) is 29.7 Å². The van der Waals surface area contributed by atoms with Crippen molar-refractivity contribution in [3.05, 3.63) is 52.3 Å². The number of amides is 1. The van der Waals surface area contributed by atoms with Gasteiger partial charge in [0.25, 0.3) is 5.56 Å². The topological polar surface area (TPSA) is 123 Å². The predicted octanol–water partition coefficient (Wildman–Crippen LogP) is 2.03. The second-order valence-corrected chi connectivity index (χ2v) is 9.84. The van der Waals surface area contributed by atoms with Crippen LogP contribution in [0.2, 0.25) is 0 Å². The Balaban J connectivity index is 1.54. The molecule has 0 atom stereocenters. The number of hydrogen-bond donors (Lipinski definition) is 3. The van der Waals surface area contributed by atoms with Crippen LogP contribution in [0.15, 0.2) is 35.4 Å². The molecule has 3 N–H and O–H groups in total. The summed E-state index contributed by atoms with van der Waals surface area (Å²) >= 11 is 0. The zero-order chi connectivity index (χ0) is 24.5. The largest absolute Gasteiger partial charge is 0.444 e. The van der Waals surface area contributed by atoms with Crippen molar-refractivity contribution in [3.8, 4) is 5.69 Å². The molecule has 1 aliphatic rings. The Kier molecular flexibility index (Phi) is 6.46. The molecule has 3 heterocycles. The first-order chi connectivity index (χ1) is 16.0. The lowest BCUT2D eigenvalue weighted by Crippen LogP contribution is -2.46. The number of rotatable bonds is 5. The Morgan fingerprint density at radius 1 is 1.24 bits per heavy atom. The molecule has 182 valence electrons. The van der Waals surface area contributed by atoms with Gasteiger partial charge in [0.1, 0.15) is 17.8 Å². The molecule has 0 aliphatic carbocycles. The average Bonchev–Trinajstić information content (AvgIpc) is 3.11. The quantitative estimate of drug-likeness (QED) is 0.523. The molecule has 0 bridgehead atoms. The van der Waals surface area contributed by atoms with Gasteiger partial charge < -0.3 is 20.5 Å². The molecule has 1 amide bonds. The third kappa shape index (κ3) is 5.28. The lowest BCUT2D eigenvalue weighted by atomic mass is 9.92. The van der Waals surface area contributed by atoms with Gasteiger partial charge >= 0.3 is 6.09 Å². The maximum Gasteiger partial charge on any atom is 0.407 e. The normalized spacial score (nSPS) is 15.9. The van der Waals surface area contributed by atoms with E-state index in [0.717, 1.165) is 24.3 Å². The van der Waals surface area contributed by atoms with Crippen molar-refractivity contribution in [2.24, 2.45) is 0 Å². The molecule has 4 rings (SSSR count). The van der Waals surface area contributed by atoms with E-state index in [-0.39, 0.29) is 17.6 Å². The minimum Gasteiger partial charge on any atom is -0.444 e. The monoisotopic (exact) mass is 468 g/mol. The Morgan fingerprint density at radius 3 is 2.56 bits per heavy atom. The number of alkyl carbamates (subject to hydrolysis) is 1. The fourth-order valence-corrected chi connectivity index (χ4v) is 4.14. The summed E-state index contributed by atoms with van der Waals surface area (Å²) in [6.45, 7) is 9.24. The first-order valence-electron chi connectivity index (χ1n) is 11.5. The summed E-state index contributed by atoms with van der Waals surface area (Å²) in [5.74, 6) is 0.637. The predicted molar refractivity (Wildman–Crippen MR) is 128 cm³/mol. The van der Waals surface area contributed by atoms with Crippen LogP contribution in [-0.2, 0) is 17.8 Å². The molecule has 2 aromatic heterocycles. The van der Waals surface area contributed by atoms with E-state index in [4.69, 9.17) is 4.74 Å². The minimum absolute atomic E-state index is 0.196. The lowest BCUT2D eigenvalue weighted by Gasteiger charge is -2.32. The van der Waals surface area contributed by atoms with E-state index in [1.807, 2.05) is 56.5 Å². The number of nitrogens with one attached hydrogen (secondary N) is 2. The summed E-state index contributed by atoms with van der Waals surface area (Å²) in [6, 6.07) is 7.58. The molecule has 1 aromatic carbocycles. The van der Waals surface area contributed by atoms with Crippen molar-refractivity contribution < 1.29 is 14.6 Å². The van der Waals surface area contributed by atoms with E-state index in [1.165, 1.54) is 10.9 Å². The standard InChI is InChI=1S/C24H32N6O4/c1-16-28-19-20(27-15-29(21(19)31)14-24(33)9-11-25-12-10-24)30(16)18-7-5-17(6-8-18)13-26-22(32)34-23(2,3)4/h5-8,15,25,33H,9-14H2,1-4H3,(H,26,32). The number of aliphatic hydroxyl groups is 1. The van der Waals surface area contributed by atoms with E-state index in [1.54, 1.807) is 0 Å². The number of aryl methyl sites for hydroxylation is 1. The number of hydrogen-bond acceptors (Lipinski definition) is 7. The molecule has 0 radical (unpaired) electrons. The van der Waals surface area contributed by atoms with Gasteiger partial charge in [0.05, 0.1) is 12.1 Å². The van der Waals surface area contributed by atoms with Gasteiger partial charge in [-0.05, 0) is 71.3 Å². The van der Waals surface area contributed by atoms with Gasteiger partial charge in [0.15, 0.2) is 11.2 Å². The molecule has 3 aromatic rings. The zero-order valence-electron chi connectivity index (χ0n) is 20.1. The van der Waals surface area contributed by atoms with Crippen LogP contribution in [0.5, 0.6) is 0 Å². The third-order valence-corrected chi connectivity index (χ3v) is 5.83. The molecule has 0 spiro atoms. The molecule has 0 unspecified atom stereocenters. The first kappa shape index (κ1) is 23.9. The van der Waals surface area contributed by atoms with Gasteiger partial charge in [0.2, 0.25) is 0 Å². The number of carbonyl (C=O) groups is 1. The highest BCUT2D eigenvalue weighted by atomic mass is 16.6. The van der Waals surface area contributed by atoms with Gasteiger partial charge in [-0.15, -0.1) is 0 Å². The highest BCUT2D eigenvalue weighted by molar-refractivity contribution is 5.73. The van der Waals surface area contributed by atoms with Crippen LogP contribution in [0.25, 0.3) is 16.9 Å². The molecular weight excluding hydrogens is 436 g/mol. The smallest absolute Gasteiger partial charge is 0.407 e.